The van der Waals surface area contributed by atoms with E-state index in [2.05, 4.69) is 0 Å². The Kier molecular flexibility index (Phi) is 4.23. The zero-order valence-corrected chi connectivity index (χ0v) is 9.95. The van der Waals surface area contributed by atoms with E-state index >= 15 is 0 Å². The lowest BCUT2D eigenvalue weighted by Crippen LogP contribution is -2.19. The predicted molar refractivity (Wildman–Crippen MR) is 70.1 cm³/mol. The van der Waals surface area contributed by atoms with Crippen LogP contribution in [0.2, 0.25) is 0 Å². The monoisotopic (exact) mass is 241 g/mol. The molecule has 1 atom stereocenters. The van der Waals surface area contributed by atoms with Crippen molar-refractivity contribution in [2.24, 2.45) is 5.73 Å². The van der Waals surface area contributed by atoms with Crippen LogP contribution >= 0.6 is 0 Å². The molecule has 3 nitrogen and oxygen atoms in total. The van der Waals surface area contributed by atoms with Gasteiger partial charge in [-0.2, -0.15) is 0 Å². The highest BCUT2D eigenvalue weighted by molar-refractivity contribution is 6.00. The summed E-state index contributed by atoms with van der Waals surface area (Å²) in [5, 5.41) is 0. The lowest BCUT2D eigenvalue weighted by Gasteiger charge is -2.16. The van der Waals surface area contributed by atoms with Crippen molar-refractivity contribution >= 4 is 5.78 Å². The van der Waals surface area contributed by atoms with Gasteiger partial charge in [-0.25, -0.2) is 0 Å². The first-order valence-corrected chi connectivity index (χ1v) is 5.79. The summed E-state index contributed by atoms with van der Waals surface area (Å²) in [6, 6.07) is 18.5. The quantitative estimate of drug-likeness (QED) is 0.646. The van der Waals surface area contributed by atoms with Crippen molar-refractivity contribution in [3.05, 3.63) is 71.8 Å². The predicted octanol–water partition coefficient (Wildman–Crippen LogP) is 2.54. The van der Waals surface area contributed by atoms with Crippen LogP contribution in [-0.2, 0) is 4.74 Å². The molecule has 92 valence electrons. The Labute approximate surface area is 106 Å². The molecule has 2 rings (SSSR count). The first-order valence-electron chi connectivity index (χ1n) is 5.79. The van der Waals surface area contributed by atoms with Gasteiger partial charge in [-0.1, -0.05) is 60.7 Å². The van der Waals surface area contributed by atoms with Crippen LogP contribution in [-0.4, -0.2) is 12.5 Å². The van der Waals surface area contributed by atoms with Gasteiger partial charge >= 0.3 is 0 Å². The Morgan fingerprint density at radius 3 is 2.11 bits per heavy atom. The van der Waals surface area contributed by atoms with E-state index in [-0.39, 0.29) is 12.5 Å². The van der Waals surface area contributed by atoms with E-state index in [4.69, 9.17) is 10.5 Å². The molecule has 2 N–H and O–H groups in total. The fraction of sp³-hybridized carbons (Fsp3) is 0.133. The van der Waals surface area contributed by atoms with Gasteiger partial charge in [-0.3, -0.25) is 4.79 Å². The Morgan fingerprint density at radius 2 is 1.56 bits per heavy atom. The molecule has 0 fully saturated rings. The molecule has 0 amide bonds. The lowest BCUT2D eigenvalue weighted by atomic mass is 10.00. The number of hydrogen-bond acceptors (Lipinski definition) is 3. The standard InChI is InChI=1S/C15H15NO2/c16-11-18-15(13-9-5-2-6-10-13)14(17)12-7-3-1-4-8-12/h1-10,15H,11,16H2. The summed E-state index contributed by atoms with van der Waals surface area (Å²) in [7, 11) is 0. The second kappa shape index (κ2) is 6.10. The molecule has 2 aromatic rings. The van der Waals surface area contributed by atoms with Crippen molar-refractivity contribution < 1.29 is 9.53 Å². The van der Waals surface area contributed by atoms with Crippen LogP contribution in [0, 0.1) is 0 Å². The molecule has 18 heavy (non-hydrogen) atoms. The molecule has 2 aromatic carbocycles. The van der Waals surface area contributed by atoms with Gasteiger partial charge in [0.15, 0.2) is 5.78 Å². The molecule has 3 heteroatoms. The Bertz CT molecular complexity index is 496. The van der Waals surface area contributed by atoms with E-state index in [1.54, 1.807) is 12.1 Å². The van der Waals surface area contributed by atoms with Crippen molar-refractivity contribution in [2.75, 3.05) is 6.73 Å². The van der Waals surface area contributed by atoms with Crippen LogP contribution in [0.25, 0.3) is 0 Å². The van der Waals surface area contributed by atoms with Gasteiger partial charge in [0.1, 0.15) is 6.10 Å². The minimum absolute atomic E-state index is 0.0120. The van der Waals surface area contributed by atoms with Crippen LogP contribution in [0.3, 0.4) is 0 Å². The van der Waals surface area contributed by atoms with Crippen LogP contribution < -0.4 is 5.73 Å². The molecule has 1 unspecified atom stereocenters. The number of ketones is 1. The number of ether oxygens (including phenoxy) is 1. The highest BCUT2D eigenvalue weighted by Gasteiger charge is 2.21. The third-order valence-electron chi connectivity index (χ3n) is 2.66. The second-order valence-electron chi connectivity index (χ2n) is 3.85. The maximum absolute atomic E-state index is 12.4. The van der Waals surface area contributed by atoms with Gasteiger partial charge in [0.25, 0.3) is 0 Å². The van der Waals surface area contributed by atoms with E-state index in [0.717, 1.165) is 5.56 Å². The smallest absolute Gasteiger partial charge is 0.196 e. The van der Waals surface area contributed by atoms with E-state index in [9.17, 15) is 4.79 Å². The largest absolute Gasteiger partial charge is 0.350 e. The van der Waals surface area contributed by atoms with Crippen molar-refractivity contribution in [1.29, 1.82) is 0 Å². The number of carbonyl (C=O) groups is 1. The van der Waals surface area contributed by atoms with Crippen molar-refractivity contribution in [1.82, 2.24) is 0 Å². The summed E-state index contributed by atoms with van der Waals surface area (Å²) >= 11 is 0. The molecular weight excluding hydrogens is 226 g/mol. The normalized spacial score (nSPS) is 12.1. The average Bonchev–Trinajstić information content (AvgIpc) is 2.46. The van der Waals surface area contributed by atoms with Crippen LogP contribution in [0.15, 0.2) is 60.7 Å². The summed E-state index contributed by atoms with van der Waals surface area (Å²) in [5.41, 5.74) is 6.85. The summed E-state index contributed by atoms with van der Waals surface area (Å²) in [5.74, 6) is -0.0766. The van der Waals surface area contributed by atoms with Crippen LogP contribution in [0.4, 0.5) is 0 Å². The fourth-order valence-electron chi connectivity index (χ4n) is 1.80. The summed E-state index contributed by atoms with van der Waals surface area (Å²) in [6.07, 6.45) is -0.640. The van der Waals surface area contributed by atoms with Gasteiger partial charge in [-0.05, 0) is 5.56 Å². The maximum Gasteiger partial charge on any atom is 0.196 e. The number of benzene rings is 2. The highest BCUT2D eigenvalue weighted by atomic mass is 16.5. The minimum Gasteiger partial charge on any atom is -0.350 e. The number of carbonyl (C=O) groups excluding carboxylic acids is 1. The minimum atomic E-state index is -0.640. The zero-order chi connectivity index (χ0) is 12.8. The molecule has 0 aliphatic rings. The third-order valence-corrected chi connectivity index (χ3v) is 2.66. The maximum atomic E-state index is 12.4. The fourth-order valence-corrected chi connectivity index (χ4v) is 1.80. The molecular formula is C15H15NO2. The molecule has 0 bridgehead atoms. The Hall–Kier alpha value is -1.97. The number of rotatable bonds is 5. The summed E-state index contributed by atoms with van der Waals surface area (Å²) < 4.78 is 5.37. The van der Waals surface area contributed by atoms with Gasteiger partial charge in [0, 0.05) is 5.56 Å². The molecule has 0 saturated heterocycles. The molecule has 0 aliphatic heterocycles. The topological polar surface area (TPSA) is 52.3 Å². The van der Waals surface area contributed by atoms with E-state index < -0.39 is 6.10 Å². The second-order valence-corrected chi connectivity index (χ2v) is 3.85. The molecule has 0 spiro atoms. The lowest BCUT2D eigenvalue weighted by molar-refractivity contribution is 0.0428. The molecule has 0 saturated carbocycles. The first kappa shape index (κ1) is 12.5. The van der Waals surface area contributed by atoms with E-state index in [1.807, 2.05) is 48.5 Å². The van der Waals surface area contributed by atoms with Crippen LogP contribution in [0.1, 0.15) is 22.0 Å². The third kappa shape index (κ3) is 2.83. The number of nitrogens with two attached hydrogens (primary N) is 1. The van der Waals surface area contributed by atoms with Gasteiger partial charge < -0.3 is 10.5 Å². The Balaban J connectivity index is 2.29. The molecule has 0 heterocycles. The van der Waals surface area contributed by atoms with Gasteiger partial charge in [0.2, 0.25) is 0 Å². The van der Waals surface area contributed by atoms with Gasteiger partial charge in [0.05, 0.1) is 6.73 Å². The number of Topliss-reactive ketones (excluding diaryl/α,β-unsaturated/α-hetero) is 1. The number of hydrogen-bond donors (Lipinski definition) is 1. The van der Waals surface area contributed by atoms with E-state index in [0.29, 0.717) is 5.56 Å². The van der Waals surface area contributed by atoms with Crippen LogP contribution in [0.5, 0.6) is 0 Å². The van der Waals surface area contributed by atoms with E-state index in [1.165, 1.54) is 0 Å². The highest BCUT2D eigenvalue weighted by Crippen LogP contribution is 2.21. The molecule has 0 aliphatic carbocycles. The first-order chi connectivity index (χ1) is 8.83. The van der Waals surface area contributed by atoms with Gasteiger partial charge in [-0.15, -0.1) is 0 Å². The molecule has 0 radical (unpaired) electrons. The van der Waals surface area contributed by atoms with Crippen molar-refractivity contribution in [3.8, 4) is 0 Å². The molecule has 0 aromatic heterocycles. The summed E-state index contributed by atoms with van der Waals surface area (Å²) in [4.78, 5) is 12.4. The average molecular weight is 241 g/mol. The SMILES string of the molecule is NCOC(C(=O)c1ccccc1)c1ccccc1. The van der Waals surface area contributed by atoms with Crippen molar-refractivity contribution in [2.45, 2.75) is 6.10 Å². The summed E-state index contributed by atoms with van der Waals surface area (Å²) in [6.45, 7) is 0.0120. The Morgan fingerprint density at radius 1 is 1.00 bits per heavy atom. The van der Waals surface area contributed by atoms with Crippen molar-refractivity contribution in [3.63, 3.8) is 0 Å². The zero-order valence-electron chi connectivity index (χ0n) is 9.95.